The van der Waals surface area contributed by atoms with E-state index in [1.807, 2.05) is 24.3 Å². The number of nitrogens with one attached hydrogen (secondary N) is 2. The van der Waals surface area contributed by atoms with Crippen LogP contribution in [0.2, 0.25) is 0 Å². The van der Waals surface area contributed by atoms with E-state index >= 15 is 0 Å². The third-order valence-corrected chi connectivity index (χ3v) is 4.16. The minimum Gasteiger partial charge on any atom is -0.337 e. The topological polar surface area (TPSA) is 67.2 Å². The molecule has 4 N–H and O–H groups in total. The first-order valence-electron chi connectivity index (χ1n) is 7.45. The second-order valence-electron chi connectivity index (χ2n) is 6.08. The van der Waals surface area contributed by atoms with Crippen molar-refractivity contribution in [2.75, 3.05) is 11.9 Å². The largest absolute Gasteiger partial charge is 0.337 e. The molecule has 0 bridgehead atoms. The van der Waals surface area contributed by atoms with Crippen molar-refractivity contribution in [2.24, 2.45) is 11.1 Å². The Morgan fingerprint density at radius 2 is 2.05 bits per heavy atom. The second kappa shape index (κ2) is 6.75. The predicted octanol–water partition coefficient (Wildman–Crippen LogP) is 3.24. The van der Waals surface area contributed by atoms with Gasteiger partial charge in [0.05, 0.1) is 0 Å². The van der Waals surface area contributed by atoms with Crippen LogP contribution in [0.3, 0.4) is 0 Å². The van der Waals surface area contributed by atoms with Gasteiger partial charge in [-0.2, -0.15) is 0 Å². The highest BCUT2D eigenvalue weighted by molar-refractivity contribution is 5.89. The van der Waals surface area contributed by atoms with Gasteiger partial charge in [0.25, 0.3) is 0 Å². The summed E-state index contributed by atoms with van der Waals surface area (Å²) in [7, 11) is 0. The van der Waals surface area contributed by atoms with Gasteiger partial charge in [0, 0.05) is 18.8 Å². The summed E-state index contributed by atoms with van der Waals surface area (Å²) >= 11 is 0. The lowest BCUT2D eigenvalue weighted by atomic mass is 9.76. The molecule has 0 atom stereocenters. The molecule has 0 radical (unpaired) electrons. The van der Waals surface area contributed by atoms with Crippen LogP contribution in [-0.2, 0) is 6.54 Å². The average molecular weight is 275 g/mol. The molecule has 2 amide bonds. The van der Waals surface area contributed by atoms with Crippen molar-refractivity contribution in [1.82, 2.24) is 5.32 Å². The maximum atomic E-state index is 11.9. The second-order valence-corrected chi connectivity index (χ2v) is 6.08. The first kappa shape index (κ1) is 14.9. The van der Waals surface area contributed by atoms with Crippen LogP contribution in [0.25, 0.3) is 0 Å². The molecule has 110 valence electrons. The maximum absolute atomic E-state index is 11.9. The monoisotopic (exact) mass is 275 g/mol. The summed E-state index contributed by atoms with van der Waals surface area (Å²) in [6.07, 6.45) is 6.29. The predicted molar refractivity (Wildman–Crippen MR) is 82.5 cm³/mol. The zero-order valence-electron chi connectivity index (χ0n) is 12.2. The molecule has 0 unspecified atom stereocenters. The zero-order valence-corrected chi connectivity index (χ0v) is 12.2. The molecule has 1 aromatic carbocycles. The number of anilines is 1. The quantitative estimate of drug-likeness (QED) is 0.789. The van der Waals surface area contributed by atoms with E-state index in [2.05, 4.69) is 17.6 Å². The van der Waals surface area contributed by atoms with Gasteiger partial charge in [0.15, 0.2) is 0 Å². The molecular weight excluding hydrogens is 250 g/mol. The molecule has 20 heavy (non-hydrogen) atoms. The zero-order chi connectivity index (χ0) is 14.4. The van der Waals surface area contributed by atoms with Crippen molar-refractivity contribution in [3.05, 3.63) is 29.8 Å². The number of amides is 2. The molecular formula is C16H25N3O. The van der Waals surface area contributed by atoms with Crippen LogP contribution < -0.4 is 16.4 Å². The fourth-order valence-electron chi connectivity index (χ4n) is 2.83. The Morgan fingerprint density at radius 3 is 2.75 bits per heavy atom. The summed E-state index contributed by atoms with van der Waals surface area (Å²) in [5.74, 6) is 0. The van der Waals surface area contributed by atoms with Crippen LogP contribution in [-0.4, -0.2) is 12.6 Å². The summed E-state index contributed by atoms with van der Waals surface area (Å²) in [6.45, 7) is 3.49. The van der Waals surface area contributed by atoms with Gasteiger partial charge in [-0.3, -0.25) is 0 Å². The van der Waals surface area contributed by atoms with E-state index in [0.717, 1.165) is 17.8 Å². The third kappa shape index (κ3) is 4.23. The molecule has 0 aromatic heterocycles. The van der Waals surface area contributed by atoms with Crippen molar-refractivity contribution < 1.29 is 4.79 Å². The van der Waals surface area contributed by atoms with Gasteiger partial charge >= 0.3 is 6.03 Å². The lowest BCUT2D eigenvalue weighted by Gasteiger charge is -2.33. The molecule has 1 saturated carbocycles. The molecule has 4 heteroatoms. The molecule has 1 fully saturated rings. The fourth-order valence-corrected chi connectivity index (χ4v) is 2.83. The minimum absolute atomic E-state index is 0.133. The SMILES string of the molecule is CC1(CNC(=O)Nc2cccc(CN)c2)CCCCC1. The van der Waals surface area contributed by atoms with Crippen LogP contribution in [0.1, 0.15) is 44.6 Å². The lowest BCUT2D eigenvalue weighted by molar-refractivity contribution is 0.204. The molecule has 0 aliphatic heterocycles. The number of carbonyl (C=O) groups excluding carboxylic acids is 1. The van der Waals surface area contributed by atoms with Crippen molar-refractivity contribution in [3.63, 3.8) is 0 Å². The van der Waals surface area contributed by atoms with Gasteiger partial charge in [-0.25, -0.2) is 4.79 Å². The van der Waals surface area contributed by atoms with Gasteiger partial charge in [-0.15, -0.1) is 0 Å². The molecule has 4 nitrogen and oxygen atoms in total. The highest BCUT2D eigenvalue weighted by Gasteiger charge is 2.26. The molecule has 1 aliphatic carbocycles. The Morgan fingerprint density at radius 1 is 1.30 bits per heavy atom. The van der Waals surface area contributed by atoms with Gasteiger partial charge in [-0.1, -0.05) is 38.3 Å². The molecule has 2 rings (SSSR count). The Labute approximate surface area is 121 Å². The minimum atomic E-state index is -0.133. The molecule has 1 aromatic rings. The van der Waals surface area contributed by atoms with Crippen LogP contribution in [0.5, 0.6) is 0 Å². The maximum Gasteiger partial charge on any atom is 0.319 e. The highest BCUT2D eigenvalue weighted by Crippen LogP contribution is 2.34. The molecule has 0 heterocycles. The van der Waals surface area contributed by atoms with Crippen LogP contribution in [0.15, 0.2) is 24.3 Å². The van der Waals surface area contributed by atoms with E-state index in [4.69, 9.17) is 5.73 Å². The number of hydrogen-bond acceptors (Lipinski definition) is 2. The van der Waals surface area contributed by atoms with Gasteiger partial charge < -0.3 is 16.4 Å². The molecule has 0 saturated heterocycles. The Bertz CT molecular complexity index is 453. The van der Waals surface area contributed by atoms with Gasteiger partial charge in [-0.05, 0) is 36.0 Å². The highest BCUT2D eigenvalue weighted by atomic mass is 16.2. The summed E-state index contributed by atoms with van der Waals surface area (Å²) in [5, 5.41) is 5.87. The molecule has 1 aliphatic rings. The number of hydrogen-bond donors (Lipinski definition) is 3. The number of benzene rings is 1. The van der Waals surface area contributed by atoms with Crippen LogP contribution in [0.4, 0.5) is 10.5 Å². The normalized spacial score (nSPS) is 17.5. The fraction of sp³-hybridized carbons (Fsp3) is 0.562. The van der Waals surface area contributed by atoms with Crippen LogP contribution in [0, 0.1) is 5.41 Å². The summed E-state index contributed by atoms with van der Waals surface area (Å²) in [5.41, 5.74) is 7.66. The van der Waals surface area contributed by atoms with Crippen molar-refractivity contribution in [2.45, 2.75) is 45.6 Å². The van der Waals surface area contributed by atoms with E-state index in [9.17, 15) is 4.79 Å². The van der Waals surface area contributed by atoms with E-state index in [1.165, 1.54) is 32.1 Å². The number of urea groups is 1. The number of rotatable bonds is 4. The Hall–Kier alpha value is -1.55. The van der Waals surface area contributed by atoms with Crippen molar-refractivity contribution in [1.29, 1.82) is 0 Å². The summed E-state index contributed by atoms with van der Waals surface area (Å²) < 4.78 is 0. The number of carbonyl (C=O) groups is 1. The summed E-state index contributed by atoms with van der Waals surface area (Å²) in [4.78, 5) is 11.9. The Balaban J connectivity index is 1.82. The molecule has 0 spiro atoms. The van der Waals surface area contributed by atoms with E-state index in [0.29, 0.717) is 6.54 Å². The third-order valence-electron chi connectivity index (χ3n) is 4.16. The van der Waals surface area contributed by atoms with Gasteiger partial charge in [0.1, 0.15) is 0 Å². The lowest BCUT2D eigenvalue weighted by Crippen LogP contribution is -2.39. The van der Waals surface area contributed by atoms with E-state index in [-0.39, 0.29) is 11.4 Å². The first-order chi connectivity index (χ1) is 9.61. The first-order valence-corrected chi connectivity index (χ1v) is 7.45. The van der Waals surface area contributed by atoms with E-state index < -0.39 is 0 Å². The van der Waals surface area contributed by atoms with Crippen molar-refractivity contribution >= 4 is 11.7 Å². The van der Waals surface area contributed by atoms with Crippen molar-refractivity contribution in [3.8, 4) is 0 Å². The Kier molecular flexibility index (Phi) is 5.01. The van der Waals surface area contributed by atoms with Crippen LogP contribution >= 0.6 is 0 Å². The average Bonchev–Trinajstić information content (AvgIpc) is 2.46. The number of nitrogens with two attached hydrogens (primary N) is 1. The standard InChI is InChI=1S/C16H25N3O/c1-16(8-3-2-4-9-16)12-18-15(20)19-14-7-5-6-13(10-14)11-17/h5-7,10H,2-4,8-9,11-12,17H2,1H3,(H2,18,19,20). The van der Waals surface area contributed by atoms with E-state index in [1.54, 1.807) is 0 Å². The summed E-state index contributed by atoms with van der Waals surface area (Å²) in [6, 6.07) is 7.50. The van der Waals surface area contributed by atoms with Gasteiger partial charge in [0.2, 0.25) is 0 Å². The smallest absolute Gasteiger partial charge is 0.319 e.